The maximum Gasteiger partial charge on any atom is 0.333 e. The van der Waals surface area contributed by atoms with Crippen LogP contribution in [0, 0.1) is 0 Å². The van der Waals surface area contributed by atoms with Crippen molar-refractivity contribution in [1.82, 2.24) is 0 Å². The van der Waals surface area contributed by atoms with Crippen LogP contribution in [0.3, 0.4) is 0 Å². The Morgan fingerprint density at radius 1 is 1.70 bits per heavy atom. The lowest BCUT2D eigenvalue weighted by molar-refractivity contribution is -0.138. The number of hydrogen-bond donors (Lipinski definition) is 1. The van der Waals surface area contributed by atoms with Gasteiger partial charge in [-0.25, -0.2) is 4.79 Å². The van der Waals surface area contributed by atoms with E-state index >= 15 is 0 Å². The van der Waals surface area contributed by atoms with Crippen molar-refractivity contribution in [2.75, 3.05) is 13.2 Å². The van der Waals surface area contributed by atoms with Gasteiger partial charge >= 0.3 is 5.97 Å². The topological polar surface area (TPSA) is 52.3 Å². The van der Waals surface area contributed by atoms with Gasteiger partial charge in [-0.1, -0.05) is 6.08 Å². The van der Waals surface area contributed by atoms with Crippen LogP contribution in [0.1, 0.15) is 13.8 Å². The molecule has 0 aromatic heterocycles. The molecule has 10 heavy (non-hydrogen) atoms. The molecule has 0 aliphatic heterocycles. The molecule has 0 aliphatic carbocycles. The molecule has 0 aromatic carbocycles. The minimum absolute atomic E-state index is 0.284. The van der Waals surface area contributed by atoms with Gasteiger partial charge in [0.15, 0.2) is 0 Å². The quantitative estimate of drug-likeness (QED) is 0.461. The summed E-state index contributed by atoms with van der Waals surface area (Å²) in [5.41, 5.74) is 5.75. The molecule has 2 N–H and O–H groups in total. The van der Waals surface area contributed by atoms with E-state index in [0.717, 1.165) is 0 Å². The molecule has 0 radical (unpaired) electrons. The Hall–Kier alpha value is -0.830. The highest BCUT2D eigenvalue weighted by atomic mass is 16.5. The Balaban J connectivity index is 3.82. The summed E-state index contributed by atoms with van der Waals surface area (Å²) in [6.07, 6.45) is 1.64. The summed E-state index contributed by atoms with van der Waals surface area (Å²) in [6, 6.07) is 0. The van der Waals surface area contributed by atoms with Crippen LogP contribution >= 0.6 is 0 Å². The lowest BCUT2D eigenvalue weighted by atomic mass is 10.3. The highest BCUT2D eigenvalue weighted by Crippen LogP contribution is 1.94. The minimum atomic E-state index is -0.284. The van der Waals surface area contributed by atoms with Gasteiger partial charge in [0.1, 0.15) is 0 Å². The van der Waals surface area contributed by atoms with Gasteiger partial charge in [0, 0.05) is 12.1 Å². The fraction of sp³-hybridized carbons (Fsp3) is 0.571. The predicted octanol–water partition coefficient (Wildman–Crippen LogP) is 0.455. The van der Waals surface area contributed by atoms with Gasteiger partial charge in [0.25, 0.3) is 0 Å². The van der Waals surface area contributed by atoms with Crippen molar-refractivity contribution in [3.63, 3.8) is 0 Å². The standard InChI is InChI=1S/C7H13NO2/c1-3-10-7(9)6(2)4-5-8/h4H,3,5,8H2,1-2H3. The van der Waals surface area contributed by atoms with Crippen LogP contribution < -0.4 is 5.73 Å². The molecule has 0 unspecified atom stereocenters. The molecule has 0 bridgehead atoms. The van der Waals surface area contributed by atoms with Gasteiger partial charge in [0.2, 0.25) is 0 Å². The predicted molar refractivity (Wildman–Crippen MR) is 39.4 cm³/mol. The van der Waals surface area contributed by atoms with Gasteiger partial charge in [-0.3, -0.25) is 0 Å². The molecule has 3 nitrogen and oxygen atoms in total. The largest absolute Gasteiger partial charge is 0.463 e. The highest BCUT2D eigenvalue weighted by molar-refractivity contribution is 5.87. The third-order valence-electron chi connectivity index (χ3n) is 1.02. The molecule has 0 aliphatic rings. The van der Waals surface area contributed by atoms with Crippen LogP contribution in [0.2, 0.25) is 0 Å². The Bertz CT molecular complexity index is 141. The first-order valence-corrected chi connectivity index (χ1v) is 3.26. The van der Waals surface area contributed by atoms with E-state index in [0.29, 0.717) is 18.7 Å². The van der Waals surface area contributed by atoms with Crippen molar-refractivity contribution >= 4 is 5.97 Å². The van der Waals surface area contributed by atoms with Gasteiger partial charge in [-0.15, -0.1) is 0 Å². The Morgan fingerprint density at radius 2 is 2.30 bits per heavy atom. The Labute approximate surface area is 60.9 Å². The minimum Gasteiger partial charge on any atom is -0.463 e. The van der Waals surface area contributed by atoms with Crippen LogP contribution in [0.5, 0.6) is 0 Å². The fourth-order valence-electron chi connectivity index (χ4n) is 0.505. The molecule has 0 aromatic rings. The second-order valence-corrected chi connectivity index (χ2v) is 1.84. The normalized spacial score (nSPS) is 11.3. The van der Waals surface area contributed by atoms with Crippen LogP contribution in [-0.4, -0.2) is 19.1 Å². The molecular weight excluding hydrogens is 130 g/mol. The third-order valence-corrected chi connectivity index (χ3v) is 1.02. The SMILES string of the molecule is CCOC(=O)C(C)=CCN. The van der Waals surface area contributed by atoms with Crippen LogP contribution in [0.4, 0.5) is 0 Å². The van der Waals surface area contributed by atoms with E-state index in [1.54, 1.807) is 19.9 Å². The second kappa shape index (κ2) is 4.99. The molecule has 3 heteroatoms. The maximum atomic E-state index is 10.8. The number of carbonyl (C=O) groups excluding carboxylic acids is 1. The summed E-state index contributed by atoms with van der Waals surface area (Å²) < 4.78 is 4.69. The average Bonchev–Trinajstić information content (AvgIpc) is 1.89. The summed E-state index contributed by atoms with van der Waals surface area (Å²) in [7, 11) is 0. The van der Waals surface area contributed by atoms with E-state index in [2.05, 4.69) is 0 Å². The molecule has 0 atom stereocenters. The van der Waals surface area contributed by atoms with Crippen molar-refractivity contribution in [3.8, 4) is 0 Å². The van der Waals surface area contributed by atoms with Crippen LogP contribution in [0.25, 0.3) is 0 Å². The van der Waals surface area contributed by atoms with Crippen LogP contribution in [-0.2, 0) is 9.53 Å². The zero-order valence-electron chi connectivity index (χ0n) is 6.39. The highest BCUT2D eigenvalue weighted by Gasteiger charge is 2.01. The summed E-state index contributed by atoms with van der Waals surface area (Å²) in [5, 5.41) is 0. The molecule has 0 rings (SSSR count). The lowest BCUT2D eigenvalue weighted by Crippen LogP contribution is -2.07. The zero-order valence-corrected chi connectivity index (χ0v) is 6.39. The first kappa shape index (κ1) is 9.17. The first-order valence-electron chi connectivity index (χ1n) is 3.26. The van der Waals surface area contributed by atoms with Crippen LogP contribution in [0.15, 0.2) is 11.6 Å². The van der Waals surface area contributed by atoms with E-state index in [1.165, 1.54) is 0 Å². The Kier molecular flexibility index (Phi) is 4.58. The summed E-state index contributed by atoms with van der Waals surface area (Å²) >= 11 is 0. The number of rotatable bonds is 3. The van der Waals surface area contributed by atoms with Gasteiger partial charge in [-0.2, -0.15) is 0 Å². The molecule has 58 valence electrons. The van der Waals surface area contributed by atoms with E-state index < -0.39 is 0 Å². The molecule has 0 spiro atoms. The van der Waals surface area contributed by atoms with E-state index in [-0.39, 0.29) is 5.97 Å². The van der Waals surface area contributed by atoms with Crippen molar-refractivity contribution in [3.05, 3.63) is 11.6 Å². The van der Waals surface area contributed by atoms with Crippen molar-refractivity contribution in [2.45, 2.75) is 13.8 Å². The number of hydrogen-bond acceptors (Lipinski definition) is 3. The molecule has 0 heterocycles. The average molecular weight is 143 g/mol. The Morgan fingerprint density at radius 3 is 2.70 bits per heavy atom. The van der Waals surface area contributed by atoms with Gasteiger partial charge in [-0.05, 0) is 13.8 Å². The van der Waals surface area contributed by atoms with Gasteiger partial charge in [0.05, 0.1) is 6.61 Å². The van der Waals surface area contributed by atoms with Crippen molar-refractivity contribution < 1.29 is 9.53 Å². The number of carbonyl (C=O) groups is 1. The van der Waals surface area contributed by atoms with E-state index in [1.807, 2.05) is 0 Å². The zero-order chi connectivity index (χ0) is 7.98. The molecule has 0 saturated heterocycles. The molecular formula is C7H13NO2. The smallest absolute Gasteiger partial charge is 0.333 e. The van der Waals surface area contributed by atoms with Gasteiger partial charge < -0.3 is 10.5 Å². The van der Waals surface area contributed by atoms with Crippen molar-refractivity contribution in [2.24, 2.45) is 5.73 Å². The first-order chi connectivity index (χ1) is 4.72. The number of esters is 1. The molecule has 0 saturated carbocycles. The number of nitrogens with two attached hydrogens (primary N) is 1. The van der Waals surface area contributed by atoms with Crippen molar-refractivity contribution in [1.29, 1.82) is 0 Å². The summed E-state index contributed by atoms with van der Waals surface area (Å²) in [4.78, 5) is 10.8. The second-order valence-electron chi connectivity index (χ2n) is 1.84. The third kappa shape index (κ3) is 3.25. The number of ether oxygens (including phenoxy) is 1. The molecule has 0 fully saturated rings. The molecule has 0 amide bonds. The lowest BCUT2D eigenvalue weighted by Gasteiger charge is -1.99. The summed E-state index contributed by atoms with van der Waals surface area (Å²) in [5.74, 6) is -0.284. The fourth-order valence-corrected chi connectivity index (χ4v) is 0.505. The maximum absolute atomic E-state index is 10.8. The van der Waals surface area contributed by atoms with E-state index in [9.17, 15) is 4.79 Å². The summed E-state index contributed by atoms with van der Waals surface area (Å²) in [6.45, 7) is 4.25. The van der Waals surface area contributed by atoms with E-state index in [4.69, 9.17) is 10.5 Å². The monoisotopic (exact) mass is 143 g/mol.